The van der Waals surface area contributed by atoms with E-state index in [0.29, 0.717) is 6.61 Å². The lowest BCUT2D eigenvalue weighted by Crippen LogP contribution is -2.50. The summed E-state index contributed by atoms with van der Waals surface area (Å²) in [6, 6.07) is 0. The average molecular weight is 302 g/mol. The molecule has 0 aliphatic carbocycles. The number of rotatable bonds is 13. The molecule has 5 nitrogen and oxygen atoms in total. The molecule has 0 aromatic heterocycles. The minimum atomic E-state index is -0.561. The SMILES string of the molecule is CCNC(C)(CCCCN(C)CCOCC)C(=O)OCC. The molecule has 0 saturated carbocycles. The summed E-state index contributed by atoms with van der Waals surface area (Å²) in [6.45, 7) is 12.5. The second-order valence-corrected chi connectivity index (χ2v) is 5.54. The molecule has 1 atom stereocenters. The van der Waals surface area contributed by atoms with E-state index in [1.165, 1.54) is 0 Å². The number of ether oxygens (including phenoxy) is 2. The lowest BCUT2D eigenvalue weighted by atomic mass is 9.94. The third kappa shape index (κ3) is 9.06. The first kappa shape index (κ1) is 20.3. The molecule has 0 aromatic carbocycles. The summed E-state index contributed by atoms with van der Waals surface area (Å²) >= 11 is 0. The van der Waals surface area contributed by atoms with E-state index < -0.39 is 5.54 Å². The predicted molar refractivity (Wildman–Crippen MR) is 86.6 cm³/mol. The number of carbonyl (C=O) groups excluding carboxylic acids is 1. The van der Waals surface area contributed by atoms with Gasteiger partial charge < -0.3 is 19.7 Å². The predicted octanol–water partition coefficient (Wildman–Crippen LogP) is 2.06. The normalized spacial score (nSPS) is 14.2. The Labute approximate surface area is 130 Å². The fraction of sp³-hybridized carbons (Fsp3) is 0.938. The van der Waals surface area contributed by atoms with Crippen molar-refractivity contribution >= 4 is 5.97 Å². The van der Waals surface area contributed by atoms with E-state index >= 15 is 0 Å². The van der Waals surface area contributed by atoms with E-state index in [1.807, 2.05) is 27.7 Å². The van der Waals surface area contributed by atoms with Gasteiger partial charge in [0, 0.05) is 13.2 Å². The van der Waals surface area contributed by atoms with Crippen LogP contribution in [0.5, 0.6) is 0 Å². The highest BCUT2D eigenvalue weighted by molar-refractivity contribution is 5.80. The fourth-order valence-corrected chi connectivity index (χ4v) is 2.28. The average Bonchev–Trinajstić information content (AvgIpc) is 2.44. The van der Waals surface area contributed by atoms with Crippen molar-refractivity contribution in [2.45, 2.75) is 52.5 Å². The molecule has 0 aliphatic heterocycles. The van der Waals surface area contributed by atoms with Gasteiger partial charge in [0.25, 0.3) is 0 Å². The first-order valence-electron chi connectivity index (χ1n) is 8.18. The minimum Gasteiger partial charge on any atom is -0.465 e. The van der Waals surface area contributed by atoms with Crippen LogP contribution in [0.2, 0.25) is 0 Å². The molecule has 0 rings (SSSR count). The van der Waals surface area contributed by atoms with Crippen LogP contribution in [0.3, 0.4) is 0 Å². The topological polar surface area (TPSA) is 50.8 Å². The van der Waals surface area contributed by atoms with Crippen LogP contribution in [0.25, 0.3) is 0 Å². The van der Waals surface area contributed by atoms with Gasteiger partial charge in [-0.15, -0.1) is 0 Å². The van der Waals surface area contributed by atoms with Crippen molar-refractivity contribution in [1.82, 2.24) is 10.2 Å². The van der Waals surface area contributed by atoms with Gasteiger partial charge in [-0.25, -0.2) is 0 Å². The van der Waals surface area contributed by atoms with Crippen LogP contribution in [-0.4, -0.2) is 62.9 Å². The summed E-state index contributed by atoms with van der Waals surface area (Å²) in [5.41, 5.74) is -0.561. The Kier molecular flexibility index (Phi) is 11.6. The maximum Gasteiger partial charge on any atom is 0.326 e. The minimum absolute atomic E-state index is 0.142. The van der Waals surface area contributed by atoms with Crippen LogP contribution < -0.4 is 5.32 Å². The van der Waals surface area contributed by atoms with Crippen molar-refractivity contribution in [2.24, 2.45) is 0 Å². The van der Waals surface area contributed by atoms with Gasteiger partial charge in [-0.2, -0.15) is 0 Å². The van der Waals surface area contributed by atoms with Crippen molar-refractivity contribution < 1.29 is 14.3 Å². The van der Waals surface area contributed by atoms with Crippen molar-refractivity contribution in [3.8, 4) is 0 Å². The first-order chi connectivity index (χ1) is 10.00. The van der Waals surface area contributed by atoms with E-state index in [1.54, 1.807) is 0 Å². The number of nitrogens with zero attached hydrogens (tertiary/aromatic N) is 1. The number of nitrogens with one attached hydrogen (secondary N) is 1. The summed E-state index contributed by atoms with van der Waals surface area (Å²) in [5.74, 6) is -0.142. The summed E-state index contributed by atoms with van der Waals surface area (Å²) in [4.78, 5) is 14.3. The lowest BCUT2D eigenvalue weighted by Gasteiger charge is -2.28. The van der Waals surface area contributed by atoms with Gasteiger partial charge in [0.05, 0.1) is 13.2 Å². The van der Waals surface area contributed by atoms with Crippen LogP contribution >= 0.6 is 0 Å². The lowest BCUT2D eigenvalue weighted by molar-refractivity contribution is -0.150. The Bertz CT molecular complexity index is 274. The van der Waals surface area contributed by atoms with E-state index in [-0.39, 0.29) is 5.97 Å². The molecule has 0 bridgehead atoms. The Morgan fingerprint density at radius 1 is 1.14 bits per heavy atom. The van der Waals surface area contributed by atoms with Crippen LogP contribution in [0.1, 0.15) is 47.0 Å². The summed E-state index contributed by atoms with van der Waals surface area (Å²) in [7, 11) is 2.11. The van der Waals surface area contributed by atoms with Crippen molar-refractivity contribution in [3.05, 3.63) is 0 Å². The van der Waals surface area contributed by atoms with Crippen LogP contribution in [0.15, 0.2) is 0 Å². The molecule has 0 aromatic rings. The third-order valence-electron chi connectivity index (χ3n) is 3.58. The van der Waals surface area contributed by atoms with Crippen molar-refractivity contribution in [2.75, 3.05) is 46.5 Å². The number of unbranched alkanes of at least 4 members (excludes halogenated alkanes) is 1. The molecule has 1 unspecified atom stereocenters. The second kappa shape index (κ2) is 12.0. The van der Waals surface area contributed by atoms with Gasteiger partial charge in [-0.3, -0.25) is 4.79 Å². The molecular weight excluding hydrogens is 268 g/mol. The van der Waals surface area contributed by atoms with Gasteiger partial charge in [0.2, 0.25) is 0 Å². The van der Waals surface area contributed by atoms with Crippen LogP contribution in [0, 0.1) is 0 Å². The summed E-state index contributed by atoms with van der Waals surface area (Å²) in [6.07, 6.45) is 2.88. The van der Waals surface area contributed by atoms with Crippen molar-refractivity contribution in [3.63, 3.8) is 0 Å². The number of hydrogen-bond acceptors (Lipinski definition) is 5. The largest absolute Gasteiger partial charge is 0.465 e. The van der Waals surface area contributed by atoms with Crippen molar-refractivity contribution in [1.29, 1.82) is 0 Å². The summed E-state index contributed by atoms with van der Waals surface area (Å²) in [5, 5.41) is 3.27. The van der Waals surface area contributed by atoms with Crippen LogP contribution in [0.4, 0.5) is 0 Å². The fourth-order valence-electron chi connectivity index (χ4n) is 2.28. The molecule has 21 heavy (non-hydrogen) atoms. The van der Waals surface area contributed by atoms with Gasteiger partial charge in [-0.05, 0) is 60.2 Å². The zero-order valence-corrected chi connectivity index (χ0v) is 14.5. The zero-order chi connectivity index (χ0) is 16.1. The van der Waals surface area contributed by atoms with E-state index in [9.17, 15) is 4.79 Å². The Morgan fingerprint density at radius 3 is 2.43 bits per heavy atom. The Balaban J connectivity index is 4.00. The van der Waals surface area contributed by atoms with E-state index in [0.717, 1.165) is 52.1 Å². The van der Waals surface area contributed by atoms with Gasteiger partial charge in [0.1, 0.15) is 5.54 Å². The van der Waals surface area contributed by atoms with Gasteiger partial charge in [-0.1, -0.05) is 6.92 Å². The highest BCUT2D eigenvalue weighted by Gasteiger charge is 2.32. The van der Waals surface area contributed by atoms with Gasteiger partial charge in [0.15, 0.2) is 0 Å². The number of esters is 1. The Hall–Kier alpha value is -0.650. The first-order valence-corrected chi connectivity index (χ1v) is 8.18. The van der Waals surface area contributed by atoms with E-state index in [2.05, 4.69) is 17.3 Å². The molecule has 5 heteroatoms. The molecule has 0 radical (unpaired) electrons. The van der Waals surface area contributed by atoms with Gasteiger partial charge >= 0.3 is 5.97 Å². The standard InChI is InChI=1S/C16H34N2O3/c1-6-17-16(4,15(19)21-8-3)11-9-10-12-18(5)13-14-20-7-2/h17H,6-14H2,1-5H3. The van der Waals surface area contributed by atoms with Crippen LogP contribution in [-0.2, 0) is 14.3 Å². The molecule has 0 spiro atoms. The monoisotopic (exact) mass is 302 g/mol. The molecule has 0 aliphatic rings. The highest BCUT2D eigenvalue weighted by atomic mass is 16.5. The number of likely N-dealkylation sites (N-methyl/N-ethyl adjacent to an activating group) is 2. The zero-order valence-electron chi connectivity index (χ0n) is 14.5. The van der Waals surface area contributed by atoms with E-state index in [4.69, 9.17) is 9.47 Å². The number of hydrogen-bond donors (Lipinski definition) is 1. The second-order valence-electron chi connectivity index (χ2n) is 5.54. The molecule has 0 saturated heterocycles. The number of carbonyl (C=O) groups is 1. The Morgan fingerprint density at radius 2 is 1.86 bits per heavy atom. The maximum atomic E-state index is 12.0. The third-order valence-corrected chi connectivity index (χ3v) is 3.58. The molecule has 1 N–H and O–H groups in total. The molecular formula is C16H34N2O3. The maximum absolute atomic E-state index is 12.0. The smallest absolute Gasteiger partial charge is 0.326 e. The highest BCUT2D eigenvalue weighted by Crippen LogP contribution is 2.16. The quantitative estimate of drug-likeness (QED) is 0.417. The molecule has 126 valence electrons. The summed E-state index contributed by atoms with van der Waals surface area (Å²) < 4.78 is 10.5. The molecule has 0 heterocycles. The molecule has 0 fully saturated rings. The molecule has 0 amide bonds.